The topological polar surface area (TPSA) is 34.1 Å². The first-order valence-electron chi connectivity index (χ1n) is 19.3. The number of allylic oxidation sites excluding steroid dienone is 1. The van der Waals surface area contributed by atoms with Crippen LogP contribution < -0.4 is 0 Å². The first kappa shape index (κ1) is 30.7. The Kier molecular flexibility index (Phi) is 8.14. The molecule has 43 heavy (non-hydrogen) atoms. The van der Waals surface area contributed by atoms with Crippen molar-refractivity contribution in [1.29, 1.82) is 0 Å². The zero-order valence-electron chi connectivity index (χ0n) is 28.6. The minimum atomic E-state index is 0.245. The lowest BCUT2D eigenvalue weighted by Gasteiger charge is -2.58. The summed E-state index contributed by atoms with van der Waals surface area (Å²) in [7, 11) is 0. The highest BCUT2D eigenvalue weighted by molar-refractivity contribution is 5.91. The van der Waals surface area contributed by atoms with E-state index in [1.807, 2.05) is 6.08 Å². The summed E-state index contributed by atoms with van der Waals surface area (Å²) in [5.41, 5.74) is 2.68. The standard InChI is InChI=1S/C21H30O2.C20H34/c1-13(22)17-6-7-18-16-5-4-14-12-15(23)8-10-20(14,2)19(16)9-11-21(17,18)3;1-3-15-9-11-19-18-10-8-14-6-4-5-7-16(14)17(18)12-13-20(15,19)2/h12,16-19H,4-11H2,1-3H3;14-19H,3-13H2,1-2H3/t16-,17+,18-,19-,20-,21+;14?,15-,16-,17+,18+,19-,20+/m00/s1. The molecule has 8 aliphatic carbocycles. The maximum absolute atomic E-state index is 12.1. The third-order valence-corrected chi connectivity index (χ3v) is 17.0. The Morgan fingerprint density at radius 3 is 2.23 bits per heavy atom. The molecule has 0 saturated heterocycles. The first-order chi connectivity index (χ1) is 20.6. The van der Waals surface area contributed by atoms with E-state index in [1.54, 1.807) is 64.7 Å². The number of hydrogen-bond donors (Lipinski definition) is 0. The SMILES string of the molecule is CC(=O)[C@H]1CC[C@H]2[C@@H]3CCC4=CC(=O)CC[C@]4(C)[C@H]3CC[C@]12C.CC[C@H]1CC[C@H]2[C@@H]3CCC4CCCC[C@@H]4[C@H]3CC[C@]12C. The predicted molar refractivity (Wildman–Crippen MR) is 176 cm³/mol. The highest BCUT2D eigenvalue weighted by atomic mass is 16.1. The van der Waals surface area contributed by atoms with Crippen LogP contribution in [0.5, 0.6) is 0 Å². The molecule has 0 heterocycles. The van der Waals surface area contributed by atoms with Crippen LogP contribution >= 0.6 is 0 Å². The number of fused-ring (bicyclic) bond motifs is 10. The van der Waals surface area contributed by atoms with Gasteiger partial charge in [0.1, 0.15) is 5.78 Å². The van der Waals surface area contributed by atoms with Gasteiger partial charge in [-0.05, 0) is 172 Å². The van der Waals surface area contributed by atoms with E-state index in [0.29, 0.717) is 17.5 Å². The second-order valence-corrected chi connectivity index (χ2v) is 18.2. The average molecular weight is 589 g/mol. The lowest BCUT2D eigenvalue weighted by Crippen LogP contribution is -2.51. The minimum absolute atomic E-state index is 0.245. The molecule has 0 aromatic heterocycles. The van der Waals surface area contributed by atoms with Gasteiger partial charge in [-0.3, -0.25) is 9.59 Å². The molecular weight excluding hydrogens is 524 g/mol. The van der Waals surface area contributed by atoms with Gasteiger partial charge in [-0.1, -0.05) is 59.0 Å². The van der Waals surface area contributed by atoms with Gasteiger partial charge in [0.2, 0.25) is 0 Å². The molecule has 0 amide bonds. The van der Waals surface area contributed by atoms with Crippen LogP contribution in [0.1, 0.15) is 157 Å². The second-order valence-electron chi connectivity index (χ2n) is 18.2. The summed E-state index contributed by atoms with van der Waals surface area (Å²) in [4.78, 5) is 24.0. The summed E-state index contributed by atoms with van der Waals surface area (Å²) in [5, 5.41) is 0. The van der Waals surface area contributed by atoms with E-state index in [2.05, 4.69) is 27.7 Å². The minimum Gasteiger partial charge on any atom is -0.300 e. The fourth-order valence-electron chi connectivity index (χ4n) is 14.8. The number of hydrogen-bond acceptors (Lipinski definition) is 2. The lowest BCUT2D eigenvalue weighted by molar-refractivity contribution is -0.128. The van der Waals surface area contributed by atoms with E-state index in [-0.39, 0.29) is 10.8 Å². The number of Topliss-reactive ketones (excluding diaryl/α,β-unsaturated/α-hetero) is 1. The molecule has 7 fully saturated rings. The molecule has 0 radical (unpaired) electrons. The third kappa shape index (κ3) is 4.82. The van der Waals surface area contributed by atoms with Crippen LogP contribution in [-0.2, 0) is 9.59 Å². The average Bonchev–Trinajstić information content (AvgIpc) is 3.54. The van der Waals surface area contributed by atoms with Crippen LogP contribution in [0.15, 0.2) is 11.6 Å². The fraction of sp³-hybridized carbons (Fsp3) is 0.902. The van der Waals surface area contributed by atoms with Crippen molar-refractivity contribution >= 4 is 11.6 Å². The van der Waals surface area contributed by atoms with E-state index in [0.717, 1.165) is 84.4 Å². The molecule has 0 aromatic carbocycles. The van der Waals surface area contributed by atoms with Crippen LogP contribution in [0.2, 0.25) is 0 Å². The van der Waals surface area contributed by atoms with Crippen LogP contribution in [-0.4, -0.2) is 11.6 Å². The van der Waals surface area contributed by atoms with E-state index in [1.165, 1.54) is 44.1 Å². The molecule has 8 aliphatic rings. The van der Waals surface area contributed by atoms with Gasteiger partial charge in [0.25, 0.3) is 0 Å². The third-order valence-electron chi connectivity index (χ3n) is 17.0. The number of carbonyl (C=O) groups excluding carboxylic acids is 2. The highest BCUT2D eigenvalue weighted by Crippen LogP contribution is 2.67. The highest BCUT2D eigenvalue weighted by Gasteiger charge is 2.60. The monoisotopic (exact) mass is 588 g/mol. The van der Waals surface area contributed by atoms with Gasteiger partial charge in [-0.25, -0.2) is 0 Å². The molecule has 8 rings (SSSR count). The van der Waals surface area contributed by atoms with Crippen molar-refractivity contribution in [1.82, 2.24) is 0 Å². The van der Waals surface area contributed by atoms with Gasteiger partial charge >= 0.3 is 0 Å². The van der Waals surface area contributed by atoms with Gasteiger partial charge < -0.3 is 0 Å². The van der Waals surface area contributed by atoms with Gasteiger partial charge in [0.15, 0.2) is 5.78 Å². The van der Waals surface area contributed by atoms with Crippen molar-refractivity contribution in [2.75, 3.05) is 0 Å². The van der Waals surface area contributed by atoms with E-state index < -0.39 is 0 Å². The van der Waals surface area contributed by atoms with Crippen molar-refractivity contribution in [3.05, 3.63) is 11.6 Å². The van der Waals surface area contributed by atoms with Crippen molar-refractivity contribution in [2.45, 2.75) is 157 Å². The van der Waals surface area contributed by atoms with Crippen molar-refractivity contribution < 1.29 is 9.59 Å². The van der Waals surface area contributed by atoms with Crippen LogP contribution in [0.4, 0.5) is 0 Å². The van der Waals surface area contributed by atoms with E-state index >= 15 is 0 Å². The van der Waals surface area contributed by atoms with Crippen LogP contribution in [0, 0.1) is 75.4 Å². The number of ketones is 2. The normalized spacial score (nSPS) is 51.7. The largest absolute Gasteiger partial charge is 0.300 e. The van der Waals surface area contributed by atoms with Crippen LogP contribution in [0.25, 0.3) is 0 Å². The first-order valence-corrected chi connectivity index (χ1v) is 19.3. The molecule has 240 valence electrons. The fourth-order valence-corrected chi connectivity index (χ4v) is 14.8. The molecule has 2 nitrogen and oxygen atoms in total. The van der Waals surface area contributed by atoms with Crippen LogP contribution in [0.3, 0.4) is 0 Å². The quantitative estimate of drug-likeness (QED) is 0.321. The van der Waals surface area contributed by atoms with Gasteiger partial charge in [-0.15, -0.1) is 0 Å². The van der Waals surface area contributed by atoms with E-state index in [9.17, 15) is 9.59 Å². The summed E-state index contributed by atoms with van der Waals surface area (Å²) in [6.07, 6.45) is 28.1. The molecule has 0 bridgehead atoms. The summed E-state index contributed by atoms with van der Waals surface area (Å²) >= 11 is 0. The van der Waals surface area contributed by atoms with Gasteiger partial charge in [0, 0.05) is 12.3 Å². The maximum atomic E-state index is 12.1. The number of rotatable bonds is 2. The zero-order valence-corrected chi connectivity index (χ0v) is 28.6. The van der Waals surface area contributed by atoms with Crippen molar-refractivity contribution in [2.24, 2.45) is 75.4 Å². The molecular formula is C41H64O2. The molecule has 2 heteroatoms. The molecule has 0 aromatic rings. The Bertz CT molecular complexity index is 1120. The second kappa shape index (κ2) is 11.4. The van der Waals surface area contributed by atoms with E-state index in [4.69, 9.17) is 0 Å². The molecule has 1 unspecified atom stereocenters. The lowest BCUT2D eigenvalue weighted by atomic mass is 9.47. The Labute approximate surface area is 264 Å². The molecule has 0 aliphatic heterocycles. The summed E-state index contributed by atoms with van der Waals surface area (Å²) < 4.78 is 0. The Hall–Kier alpha value is -0.920. The maximum Gasteiger partial charge on any atom is 0.155 e. The Morgan fingerprint density at radius 1 is 0.698 bits per heavy atom. The van der Waals surface area contributed by atoms with Crippen molar-refractivity contribution in [3.8, 4) is 0 Å². The summed E-state index contributed by atoms with van der Waals surface area (Å²) in [6.45, 7) is 11.8. The van der Waals surface area contributed by atoms with Gasteiger partial charge in [-0.2, -0.15) is 0 Å². The molecule has 0 N–H and O–H groups in total. The smallest absolute Gasteiger partial charge is 0.155 e. The molecule has 7 saturated carbocycles. The Morgan fingerprint density at radius 2 is 1.44 bits per heavy atom. The summed E-state index contributed by atoms with van der Waals surface area (Å²) in [5.74, 6) is 10.0. The Balaban J connectivity index is 0.000000141. The predicted octanol–water partition coefficient (Wildman–Crippen LogP) is 10.8. The molecule has 0 spiro atoms. The van der Waals surface area contributed by atoms with Gasteiger partial charge in [0.05, 0.1) is 0 Å². The summed E-state index contributed by atoms with van der Waals surface area (Å²) in [6, 6.07) is 0. The zero-order chi connectivity index (χ0) is 30.1. The number of carbonyl (C=O) groups is 2. The van der Waals surface area contributed by atoms with Crippen molar-refractivity contribution in [3.63, 3.8) is 0 Å². The molecule has 13 atom stereocenters.